The van der Waals surface area contributed by atoms with Gasteiger partial charge in [-0.3, -0.25) is 0 Å². The predicted molar refractivity (Wildman–Crippen MR) is 84.7 cm³/mol. The van der Waals surface area contributed by atoms with Gasteiger partial charge in [-0.25, -0.2) is 0 Å². The number of hydrogen-bond donors (Lipinski definition) is 1. The zero-order chi connectivity index (χ0) is 13.9. The van der Waals surface area contributed by atoms with Crippen molar-refractivity contribution in [3.63, 3.8) is 0 Å². The number of anilines is 1. The minimum Gasteiger partial charge on any atom is -0.389 e. The van der Waals surface area contributed by atoms with Gasteiger partial charge in [-0.05, 0) is 38.0 Å². The van der Waals surface area contributed by atoms with Gasteiger partial charge in [0.15, 0.2) is 0 Å². The van der Waals surface area contributed by atoms with Crippen molar-refractivity contribution in [2.75, 3.05) is 11.4 Å². The zero-order valence-electron chi connectivity index (χ0n) is 11.4. The molecule has 100 valence electrons. The largest absolute Gasteiger partial charge is 0.389 e. The standard InChI is InChI=1S/C14H21ClN2S/c1-9(2)8-17(10(3)4)13-6-5-11(14(16)18)7-12(13)15/h5-7,9-10H,8H2,1-4H3,(H2,16,18). The predicted octanol–water partition coefficient (Wildman–Crippen LogP) is 3.85. The summed E-state index contributed by atoms with van der Waals surface area (Å²) in [4.78, 5) is 2.68. The molecule has 2 N–H and O–H groups in total. The van der Waals surface area contributed by atoms with Crippen molar-refractivity contribution >= 4 is 34.5 Å². The summed E-state index contributed by atoms with van der Waals surface area (Å²) in [6.45, 7) is 9.71. The summed E-state index contributed by atoms with van der Waals surface area (Å²) in [5.41, 5.74) is 7.46. The number of hydrogen-bond acceptors (Lipinski definition) is 2. The molecule has 1 aromatic rings. The van der Waals surface area contributed by atoms with E-state index in [0.29, 0.717) is 22.0 Å². The highest BCUT2D eigenvalue weighted by Crippen LogP contribution is 2.29. The van der Waals surface area contributed by atoms with Crippen LogP contribution in [0.3, 0.4) is 0 Å². The first-order valence-electron chi connectivity index (χ1n) is 6.19. The third-order valence-electron chi connectivity index (χ3n) is 2.73. The minimum atomic E-state index is 0.378. The molecule has 0 aromatic heterocycles. The molecular formula is C14H21ClN2S. The van der Waals surface area contributed by atoms with Gasteiger partial charge in [-0.1, -0.05) is 37.7 Å². The number of thiocarbonyl (C=S) groups is 1. The van der Waals surface area contributed by atoms with Crippen molar-refractivity contribution in [2.24, 2.45) is 11.7 Å². The average Bonchev–Trinajstić information content (AvgIpc) is 2.25. The number of nitrogens with zero attached hydrogens (tertiary/aromatic N) is 1. The number of rotatable bonds is 5. The van der Waals surface area contributed by atoms with E-state index in [1.54, 1.807) is 0 Å². The van der Waals surface area contributed by atoms with Crippen LogP contribution in [0, 0.1) is 5.92 Å². The SMILES string of the molecule is CC(C)CN(c1ccc(C(N)=S)cc1Cl)C(C)C. The molecule has 0 spiro atoms. The van der Waals surface area contributed by atoms with Gasteiger partial charge in [0.1, 0.15) is 4.99 Å². The molecule has 0 saturated carbocycles. The van der Waals surface area contributed by atoms with Crippen LogP contribution in [0.5, 0.6) is 0 Å². The first-order chi connectivity index (χ1) is 8.32. The molecule has 0 aliphatic carbocycles. The van der Waals surface area contributed by atoms with E-state index in [1.165, 1.54) is 0 Å². The summed E-state index contributed by atoms with van der Waals surface area (Å²) in [6.07, 6.45) is 0. The van der Waals surface area contributed by atoms with Crippen LogP contribution in [0.15, 0.2) is 18.2 Å². The molecule has 0 unspecified atom stereocenters. The second-order valence-electron chi connectivity index (χ2n) is 5.17. The number of benzene rings is 1. The maximum Gasteiger partial charge on any atom is 0.104 e. The van der Waals surface area contributed by atoms with E-state index in [4.69, 9.17) is 29.6 Å². The van der Waals surface area contributed by atoms with Crippen LogP contribution < -0.4 is 10.6 Å². The summed E-state index contributed by atoms with van der Waals surface area (Å²) < 4.78 is 0. The lowest BCUT2D eigenvalue weighted by Gasteiger charge is -2.31. The Morgan fingerprint density at radius 2 is 1.94 bits per heavy atom. The molecule has 4 heteroatoms. The van der Waals surface area contributed by atoms with Gasteiger partial charge in [0.05, 0.1) is 10.7 Å². The molecule has 0 amide bonds. The number of nitrogens with two attached hydrogens (primary N) is 1. The summed E-state index contributed by atoms with van der Waals surface area (Å²) in [7, 11) is 0. The van der Waals surface area contributed by atoms with Crippen molar-refractivity contribution in [1.82, 2.24) is 0 Å². The molecule has 0 saturated heterocycles. The Hall–Kier alpha value is -0.800. The lowest BCUT2D eigenvalue weighted by molar-refractivity contribution is 0.571. The smallest absolute Gasteiger partial charge is 0.104 e. The molecule has 0 fully saturated rings. The summed E-state index contributed by atoms with van der Waals surface area (Å²) in [6, 6.07) is 6.17. The maximum absolute atomic E-state index is 6.34. The Morgan fingerprint density at radius 1 is 1.33 bits per heavy atom. The van der Waals surface area contributed by atoms with Crippen molar-refractivity contribution < 1.29 is 0 Å². The topological polar surface area (TPSA) is 29.3 Å². The summed E-state index contributed by atoms with van der Waals surface area (Å²) >= 11 is 11.3. The van der Waals surface area contributed by atoms with Crippen LogP contribution in [0.2, 0.25) is 5.02 Å². The highest BCUT2D eigenvalue weighted by atomic mass is 35.5. The molecule has 1 aromatic carbocycles. The lowest BCUT2D eigenvalue weighted by Crippen LogP contribution is -2.34. The van der Waals surface area contributed by atoms with E-state index in [1.807, 2.05) is 18.2 Å². The molecule has 0 radical (unpaired) electrons. The fraction of sp³-hybridized carbons (Fsp3) is 0.500. The van der Waals surface area contributed by atoms with Crippen molar-refractivity contribution in [2.45, 2.75) is 33.7 Å². The van der Waals surface area contributed by atoms with Crippen LogP contribution in [-0.4, -0.2) is 17.6 Å². The third-order valence-corrected chi connectivity index (χ3v) is 3.27. The van der Waals surface area contributed by atoms with Crippen molar-refractivity contribution in [3.8, 4) is 0 Å². The zero-order valence-corrected chi connectivity index (χ0v) is 13.0. The van der Waals surface area contributed by atoms with E-state index >= 15 is 0 Å². The Morgan fingerprint density at radius 3 is 2.33 bits per heavy atom. The fourth-order valence-electron chi connectivity index (χ4n) is 1.87. The molecule has 0 aliphatic heterocycles. The van der Waals surface area contributed by atoms with Gasteiger partial charge in [-0.15, -0.1) is 0 Å². The molecule has 0 aliphatic rings. The highest BCUT2D eigenvalue weighted by Gasteiger charge is 2.15. The Bertz CT molecular complexity index is 430. The van der Waals surface area contributed by atoms with E-state index in [0.717, 1.165) is 17.8 Å². The molecule has 0 heterocycles. The fourth-order valence-corrected chi connectivity index (χ4v) is 2.29. The van der Waals surface area contributed by atoms with Gasteiger partial charge in [-0.2, -0.15) is 0 Å². The van der Waals surface area contributed by atoms with Crippen LogP contribution >= 0.6 is 23.8 Å². The molecule has 0 bridgehead atoms. The minimum absolute atomic E-state index is 0.378. The first-order valence-corrected chi connectivity index (χ1v) is 6.97. The van der Waals surface area contributed by atoms with E-state index in [-0.39, 0.29) is 0 Å². The summed E-state index contributed by atoms with van der Waals surface area (Å²) in [5, 5.41) is 0.703. The maximum atomic E-state index is 6.34. The van der Waals surface area contributed by atoms with Crippen LogP contribution in [0.25, 0.3) is 0 Å². The van der Waals surface area contributed by atoms with Crippen molar-refractivity contribution in [3.05, 3.63) is 28.8 Å². The molecule has 1 rings (SSSR count). The normalized spacial score (nSPS) is 11.1. The first kappa shape index (κ1) is 15.3. The lowest BCUT2D eigenvalue weighted by atomic mass is 10.1. The second-order valence-corrected chi connectivity index (χ2v) is 6.02. The van der Waals surface area contributed by atoms with Crippen LogP contribution in [0.4, 0.5) is 5.69 Å². The van der Waals surface area contributed by atoms with Gasteiger partial charge in [0.2, 0.25) is 0 Å². The molecule has 18 heavy (non-hydrogen) atoms. The molecule has 2 nitrogen and oxygen atoms in total. The monoisotopic (exact) mass is 284 g/mol. The number of halogens is 1. The Labute approximate surface area is 120 Å². The van der Waals surface area contributed by atoms with Gasteiger partial charge in [0.25, 0.3) is 0 Å². The quantitative estimate of drug-likeness (QED) is 0.833. The molecule has 0 atom stereocenters. The second kappa shape index (κ2) is 6.39. The summed E-state index contributed by atoms with van der Waals surface area (Å²) in [5.74, 6) is 0.582. The van der Waals surface area contributed by atoms with Crippen LogP contribution in [-0.2, 0) is 0 Å². The highest BCUT2D eigenvalue weighted by molar-refractivity contribution is 7.80. The molecular weight excluding hydrogens is 264 g/mol. The van der Waals surface area contributed by atoms with Crippen molar-refractivity contribution in [1.29, 1.82) is 0 Å². The Balaban J connectivity index is 3.09. The van der Waals surface area contributed by atoms with Gasteiger partial charge in [0, 0.05) is 18.2 Å². The van der Waals surface area contributed by atoms with Gasteiger partial charge < -0.3 is 10.6 Å². The average molecular weight is 285 g/mol. The van der Waals surface area contributed by atoms with E-state index in [9.17, 15) is 0 Å². The third kappa shape index (κ3) is 3.85. The van der Waals surface area contributed by atoms with E-state index < -0.39 is 0 Å². The Kier molecular flexibility index (Phi) is 5.42. The van der Waals surface area contributed by atoms with Gasteiger partial charge >= 0.3 is 0 Å². The van der Waals surface area contributed by atoms with E-state index in [2.05, 4.69) is 32.6 Å². The van der Waals surface area contributed by atoms with Crippen LogP contribution in [0.1, 0.15) is 33.3 Å².